The Bertz CT molecular complexity index is 1110. The minimum Gasteiger partial charge on any atom is -0.492 e. The van der Waals surface area contributed by atoms with Gasteiger partial charge in [-0.3, -0.25) is 14.5 Å². The van der Waals surface area contributed by atoms with E-state index < -0.39 is 17.6 Å². The van der Waals surface area contributed by atoms with Crippen LogP contribution in [-0.2, 0) is 11.0 Å². The lowest BCUT2D eigenvalue weighted by molar-refractivity contribution is -0.137. The first kappa shape index (κ1) is 28.9. The monoisotopic (exact) mass is 546 g/mol. The SMILES string of the molecule is CN(C)CCOc1ccc(C2CCC(N3CC(NC(=O)CNC(=O)c4cccc(C(F)(F)F)c4)C3)CC2)cc1. The maximum atomic E-state index is 12.9. The van der Waals surface area contributed by atoms with E-state index in [1.807, 2.05) is 14.1 Å². The van der Waals surface area contributed by atoms with Crippen molar-refractivity contribution in [3.05, 3.63) is 65.2 Å². The number of hydrogen-bond acceptors (Lipinski definition) is 5. The average Bonchev–Trinajstić information content (AvgIpc) is 2.89. The molecule has 0 unspecified atom stereocenters. The van der Waals surface area contributed by atoms with E-state index in [9.17, 15) is 22.8 Å². The summed E-state index contributed by atoms with van der Waals surface area (Å²) in [4.78, 5) is 28.9. The molecule has 2 fully saturated rings. The van der Waals surface area contributed by atoms with Gasteiger partial charge in [0, 0.05) is 31.2 Å². The van der Waals surface area contributed by atoms with Gasteiger partial charge in [-0.15, -0.1) is 0 Å². The molecule has 2 aromatic carbocycles. The van der Waals surface area contributed by atoms with E-state index in [0.29, 0.717) is 18.6 Å². The van der Waals surface area contributed by atoms with Crippen molar-refractivity contribution >= 4 is 11.8 Å². The van der Waals surface area contributed by atoms with Crippen LogP contribution in [0.1, 0.15) is 53.1 Å². The Morgan fingerprint density at radius 2 is 1.72 bits per heavy atom. The van der Waals surface area contributed by atoms with Crippen molar-refractivity contribution in [1.82, 2.24) is 20.4 Å². The average molecular weight is 547 g/mol. The number of halogens is 3. The summed E-state index contributed by atoms with van der Waals surface area (Å²) in [5, 5.41) is 5.30. The van der Waals surface area contributed by atoms with Gasteiger partial charge in [-0.25, -0.2) is 0 Å². The molecule has 10 heteroatoms. The molecule has 1 heterocycles. The highest BCUT2D eigenvalue weighted by molar-refractivity contribution is 5.96. The Hall–Kier alpha value is -3.11. The molecular weight excluding hydrogens is 509 g/mol. The Kier molecular flexibility index (Phi) is 9.50. The normalized spacial score (nSPS) is 20.4. The summed E-state index contributed by atoms with van der Waals surface area (Å²) >= 11 is 0. The lowest BCUT2D eigenvalue weighted by Crippen LogP contribution is -2.63. The Morgan fingerprint density at radius 1 is 1.03 bits per heavy atom. The summed E-state index contributed by atoms with van der Waals surface area (Å²) in [6.07, 6.45) is -0.0599. The van der Waals surface area contributed by atoms with E-state index in [0.717, 1.165) is 63.2 Å². The molecular formula is C29H37F3N4O3. The molecule has 4 rings (SSSR count). The van der Waals surface area contributed by atoms with Crippen LogP contribution in [0.5, 0.6) is 5.75 Å². The van der Waals surface area contributed by atoms with Gasteiger partial charge in [0.1, 0.15) is 12.4 Å². The first-order chi connectivity index (χ1) is 18.6. The summed E-state index contributed by atoms with van der Waals surface area (Å²) < 4.78 is 44.4. The van der Waals surface area contributed by atoms with Crippen LogP contribution < -0.4 is 15.4 Å². The molecule has 0 radical (unpaired) electrons. The van der Waals surface area contributed by atoms with Gasteiger partial charge >= 0.3 is 6.18 Å². The summed E-state index contributed by atoms with van der Waals surface area (Å²) in [6.45, 7) is 2.80. The molecule has 2 aliphatic rings. The molecule has 2 aromatic rings. The number of rotatable bonds is 10. The van der Waals surface area contributed by atoms with E-state index in [-0.39, 0.29) is 24.1 Å². The van der Waals surface area contributed by atoms with Crippen LogP contribution in [0.25, 0.3) is 0 Å². The number of hydrogen-bond donors (Lipinski definition) is 2. The van der Waals surface area contributed by atoms with E-state index in [1.165, 1.54) is 17.7 Å². The second-order valence-electron chi connectivity index (χ2n) is 10.7. The predicted molar refractivity (Wildman–Crippen MR) is 143 cm³/mol. The number of nitrogens with zero attached hydrogens (tertiary/aromatic N) is 2. The molecule has 0 atom stereocenters. The second kappa shape index (κ2) is 12.8. The quantitative estimate of drug-likeness (QED) is 0.473. The summed E-state index contributed by atoms with van der Waals surface area (Å²) in [6, 6.07) is 13.1. The fourth-order valence-corrected chi connectivity index (χ4v) is 5.24. The van der Waals surface area contributed by atoms with Crippen LogP contribution >= 0.6 is 0 Å². The summed E-state index contributed by atoms with van der Waals surface area (Å²) in [5.74, 6) is 0.389. The molecule has 212 valence electrons. The van der Waals surface area contributed by atoms with Crippen LogP contribution in [0.3, 0.4) is 0 Å². The lowest BCUT2D eigenvalue weighted by atomic mass is 9.80. The summed E-state index contributed by atoms with van der Waals surface area (Å²) in [7, 11) is 4.05. The molecule has 2 N–H and O–H groups in total. The molecule has 7 nitrogen and oxygen atoms in total. The number of carbonyl (C=O) groups is 2. The molecule has 39 heavy (non-hydrogen) atoms. The van der Waals surface area contributed by atoms with Crippen LogP contribution in [0.2, 0.25) is 0 Å². The van der Waals surface area contributed by atoms with Crippen LogP contribution in [0.15, 0.2) is 48.5 Å². The van der Waals surface area contributed by atoms with Crippen molar-refractivity contribution < 1.29 is 27.5 Å². The lowest BCUT2D eigenvalue weighted by Gasteiger charge is -2.46. The van der Waals surface area contributed by atoms with Gasteiger partial charge in [0.15, 0.2) is 0 Å². The van der Waals surface area contributed by atoms with Crippen molar-refractivity contribution in [1.29, 1.82) is 0 Å². The van der Waals surface area contributed by atoms with Crippen molar-refractivity contribution in [2.75, 3.05) is 46.9 Å². The first-order valence-electron chi connectivity index (χ1n) is 13.4. The molecule has 0 bridgehead atoms. The predicted octanol–water partition coefficient (Wildman–Crippen LogP) is 3.90. The van der Waals surface area contributed by atoms with Gasteiger partial charge in [-0.1, -0.05) is 18.2 Å². The van der Waals surface area contributed by atoms with Gasteiger partial charge in [0.05, 0.1) is 18.2 Å². The summed E-state index contributed by atoms with van der Waals surface area (Å²) in [5.41, 5.74) is 0.323. The van der Waals surface area contributed by atoms with Crippen LogP contribution in [0.4, 0.5) is 13.2 Å². The minimum atomic E-state index is -4.53. The fourth-order valence-electron chi connectivity index (χ4n) is 5.24. The number of benzene rings is 2. The number of nitrogens with one attached hydrogen (secondary N) is 2. The zero-order valence-electron chi connectivity index (χ0n) is 22.5. The second-order valence-corrected chi connectivity index (χ2v) is 10.7. The molecule has 1 saturated carbocycles. The third kappa shape index (κ3) is 8.19. The van der Waals surface area contributed by atoms with Crippen molar-refractivity contribution in [2.45, 2.75) is 49.9 Å². The highest BCUT2D eigenvalue weighted by Gasteiger charge is 2.35. The standard InChI is InChI=1S/C29H37F3N4O3/c1-35(2)14-15-39-26-12-8-21(9-13-26)20-6-10-25(11-7-20)36-18-24(19-36)34-27(37)17-33-28(38)22-4-3-5-23(16-22)29(30,31)32/h3-5,8-9,12-13,16,20,24-25H,6-7,10-11,14-15,17-19H2,1-2H3,(H,33,38)(H,34,37). The molecule has 0 aromatic heterocycles. The van der Waals surface area contributed by atoms with Crippen molar-refractivity contribution in [3.8, 4) is 5.75 Å². The molecule has 1 saturated heterocycles. The van der Waals surface area contributed by atoms with Crippen LogP contribution in [-0.4, -0.2) is 80.6 Å². The minimum absolute atomic E-state index is 0.0146. The highest BCUT2D eigenvalue weighted by atomic mass is 19.4. The number of ether oxygens (including phenoxy) is 1. The highest BCUT2D eigenvalue weighted by Crippen LogP contribution is 2.36. The number of likely N-dealkylation sites (N-methyl/N-ethyl adjacent to an activating group) is 1. The molecule has 2 amide bonds. The molecule has 1 aliphatic carbocycles. The van der Waals surface area contributed by atoms with Gasteiger partial charge in [0.2, 0.25) is 5.91 Å². The van der Waals surface area contributed by atoms with Gasteiger partial charge < -0.3 is 20.3 Å². The number of carbonyl (C=O) groups excluding carboxylic acids is 2. The van der Waals surface area contributed by atoms with E-state index >= 15 is 0 Å². The Labute approximate surface area is 227 Å². The smallest absolute Gasteiger partial charge is 0.416 e. The molecule has 1 aliphatic heterocycles. The number of likely N-dealkylation sites (tertiary alicyclic amines) is 1. The fraction of sp³-hybridized carbons (Fsp3) is 0.517. The number of alkyl halides is 3. The van der Waals surface area contributed by atoms with Crippen molar-refractivity contribution in [3.63, 3.8) is 0 Å². The third-order valence-electron chi connectivity index (χ3n) is 7.51. The zero-order chi connectivity index (χ0) is 28.0. The largest absolute Gasteiger partial charge is 0.492 e. The van der Waals surface area contributed by atoms with E-state index in [2.05, 4.69) is 44.7 Å². The first-order valence-corrected chi connectivity index (χ1v) is 13.4. The topological polar surface area (TPSA) is 73.9 Å². The maximum absolute atomic E-state index is 12.9. The van der Waals surface area contributed by atoms with Gasteiger partial charge in [0.25, 0.3) is 5.91 Å². The maximum Gasteiger partial charge on any atom is 0.416 e. The van der Waals surface area contributed by atoms with Gasteiger partial charge in [-0.2, -0.15) is 13.2 Å². The van der Waals surface area contributed by atoms with E-state index in [1.54, 1.807) is 0 Å². The Balaban J connectivity index is 1.13. The van der Waals surface area contributed by atoms with Gasteiger partial charge in [-0.05, 0) is 81.6 Å². The van der Waals surface area contributed by atoms with Crippen molar-refractivity contribution in [2.24, 2.45) is 0 Å². The van der Waals surface area contributed by atoms with Crippen LogP contribution in [0, 0.1) is 0 Å². The zero-order valence-corrected chi connectivity index (χ0v) is 22.5. The Morgan fingerprint density at radius 3 is 2.36 bits per heavy atom. The number of amides is 2. The molecule has 0 spiro atoms. The van der Waals surface area contributed by atoms with E-state index in [4.69, 9.17) is 4.74 Å². The third-order valence-corrected chi connectivity index (χ3v) is 7.51.